The van der Waals surface area contributed by atoms with E-state index in [2.05, 4.69) is 17.6 Å². The Kier molecular flexibility index (Phi) is 3.21. The van der Waals surface area contributed by atoms with Crippen LogP contribution in [0.15, 0.2) is 12.3 Å². The second-order valence-electron chi connectivity index (χ2n) is 3.62. The highest BCUT2D eigenvalue weighted by molar-refractivity contribution is 7.81. The second-order valence-corrected chi connectivity index (χ2v) is 4.76. The lowest BCUT2D eigenvalue weighted by molar-refractivity contribution is -0.385. The van der Waals surface area contributed by atoms with Crippen LogP contribution in [-0.4, -0.2) is 27.6 Å². The first-order chi connectivity index (χ1) is 7.99. The lowest BCUT2D eigenvalue weighted by Crippen LogP contribution is -2.25. The monoisotopic (exact) mass is 273 g/mol. The summed E-state index contributed by atoms with van der Waals surface area (Å²) in [6.45, 7) is 0.409. The van der Waals surface area contributed by atoms with Crippen LogP contribution in [0.4, 0.5) is 11.5 Å². The molecule has 1 aromatic heterocycles. The first-order valence-corrected chi connectivity index (χ1v) is 5.67. The van der Waals surface area contributed by atoms with E-state index in [1.807, 2.05) is 0 Å². The van der Waals surface area contributed by atoms with Gasteiger partial charge < -0.3 is 0 Å². The molecule has 0 spiro atoms. The third-order valence-electron chi connectivity index (χ3n) is 2.38. The van der Waals surface area contributed by atoms with Gasteiger partial charge in [0, 0.05) is 24.3 Å². The van der Waals surface area contributed by atoms with Gasteiger partial charge in [-0.3, -0.25) is 19.8 Å². The van der Waals surface area contributed by atoms with Gasteiger partial charge in [0.25, 0.3) is 5.69 Å². The molecule has 1 unspecified atom stereocenters. The van der Waals surface area contributed by atoms with Crippen LogP contribution in [0.1, 0.15) is 6.42 Å². The molecule has 0 saturated carbocycles. The molecule has 90 valence electrons. The highest BCUT2D eigenvalue weighted by Crippen LogP contribution is 2.30. The molecular formula is C9H8ClN3O3S. The molecule has 0 N–H and O–H groups in total. The molecule has 8 heteroatoms. The molecule has 1 aromatic rings. The molecule has 17 heavy (non-hydrogen) atoms. The molecule has 1 aliphatic heterocycles. The number of pyridine rings is 1. The first kappa shape index (κ1) is 12.1. The van der Waals surface area contributed by atoms with E-state index in [1.165, 1.54) is 11.0 Å². The predicted octanol–water partition coefficient (Wildman–Crippen LogP) is 1.68. The van der Waals surface area contributed by atoms with E-state index in [0.717, 1.165) is 6.20 Å². The number of thiol groups is 1. The van der Waals surface area contributed by atoms with Crippen molar-refractivity contribution in [2.45, 2.75) is 11.7 Å². The van der Waals surface area contributed by atoms with E-state index in [-0.39, 0.29) is 27.7 Å². The fraction of sp³-hybridized carbons (Fsp3) is 0.333. The van der Waals surface area contributed by atoms with Crippen LogP contribution in [0.25, 0.3) is 0 Å². The summed E-state index contributed by atoms with van der Waals surface area (Å²) >= 11 is 10.1. The van der Waals surface area contributed by atoms with Crippen LogP contribution < -0.4 is 4.90 Å². The number of carbonyl (C=O) groups is 1. The Morgan fingerprint density at radius 2 is 2.35 bits per heavy atom. The van der Waals surface area contributed by atoms with Gasteiger partial charge in [0.1, 0.15) is 6.20 Å². The molecule has 0 aliphatic carbocycles. The Balaban J connectivity index is 2.34. The number of halogens is 1. The molecule has 1 fully saturated rings. The maximum atomic E-state index is 11.6. The largest absolute Gasteiger partial charge is 0.294 e. The van der Waals surface area contributed by atoms with Crippen molar-refractivity contribution in [3.05, 3.63) is 27.4 Å². The molecule has 2 heterocycles. The maximum absolute atomic E-state index is 11.6. The van der Waals surface area contributed by atoms with Gasteiger partial charge >= 0.3 is 0 Å². The molecule has 1 atom stereocenters. The van der Waals surface area contributed by atoms with Crippen molar-refractivity contribution in [2.24, 2.45) is 0 Å². The average Bonchev–Trinajstić information content (AvgIpc) is 2.57. The first-order valence-electron chi connectivity index (χ1n) is 4.77. The Hall–Kier alpha value is -1.34. The number of rotatable bonds is 2. The maximum Gasteiger partial charge on any atom is 0.289 e. The lowest BCUT2D eigenvalue weighted by Gasteiger charge is -2.15. The molecule has 0 bridgehead atoms. The number of anilines is 1. The summed E-state index contributed by atoms with van der Waals surface area (Å²) in [7, 11) is 0. The summed E-state index contributed by atoms with van der Waals surface area (Å²) < 4.78 is 0. The number of hydrogen-bond donors (Lipinski definition) is 1. The standard InChI is InChI=1S/C9H8ClN3O3S/c10-7-1-5(13(15)16)3-11-9(7)12-4-6(17)2-8(12)14/h1,3,6,17H,2,4H2. The Bertz CT molecular complexity index is 496. The van der Waals surface area contributed by atoms with Crippen LogP contribution in [0.3, 0.4) is 0 Å². The van der Waals surface area contributed by atoms with Gasteiger partial charge in [-0.25, -0.2) is 4.98 Å². The van der Waals surface area contributed by atoms with Crippen molar-refractivity contribution in [3.8, 4) is 0 Å². The smallest absolute Gasteiger partial charge is 0.289 e. The van der Waals surface area contributed by atoms with Gasteiger partial charge in [-0.05, 0) is 0 Å². The minimum absolute atomic E-state index is 0.0597. The van der Waals surface area contributed by atoms with Crippen molar-refractivity contribution in [3.63, 3.8) is 0 Å². The van der Waals surface area contributed by atoms with Crippen molar-refractivity contribution in [2.75, 3.05) is 11.4 Å². The van der Waals surface area contributed by atoms with Gasteiger partial charge in [-0.15, -0.1) is 0 Å². The van der Waals surface area contributed by atoms with Crippen LogP contribution in [0, 0.1) is 10.1 Å². The van der Waals surface area contributed by atoms with Crippen LogP contribution in [-0.2, 0) is 4.79 Å². The van der Waals surface area contributed by atoms with E-state index in [1.54, 1.807) is 0 Å². The Morgan fingerprint density at radius 3 is 2.82 bits per heavy atom. The number of carbonyl (C=O) groups excluding carboxylic acids is 1. The summed E-state index contributed by atoms with van der Waals surface area (Å²) in [4.78, 5) is 26.8. The number of hydrogen-bond acceptors (Lipinski definition) is 5. The van der Waals surface area contributed by atoms with E-state index < -0.39 is 4.92 Å². The number of amides is 1. The Labute approximate surface area is 107 Å². The highest BCUT2D eigenvalue weighted by Gasteiger charge is 2.31. The molecule has 1 saturated heterocycles. The summed E-state index contributed by atoms with van der Waals surface area (Å²) in [5.41, 5.74) is -0.201. The van der Waals surface area contributed by atoms with E-state index in [0.29, 0.717) is 13.0 Å². The molecule has 1 aliphatic rings. The minimum atomic E-state index is -0.587. The normalized spacial score (nSPS) is 19.8. The Morgan fingerprint density at radius 1 is 1.65 bits per heavy atom. The van der Waals surface area contributed by atoms with Gasteiger partial charge in [0.05, 0.1) is 9.95 Å². The molecule has 6 nitrogen and oxygen atoms in total. The fourth-order valence-corrected chi connectivity index (χ4v) is 2.19. The molecule has 1 amide bonds. The van der Waals surface area contributed by atoms with Crippen LogP contribution >= 0.6 is 24.2 Å². The molecular weight excluding hydrogens is 266 g/mol. The summed E-state index contributed by atoms with van der Waals surface area (Å²) in [5.74, 6) is 0.118. The zero-order valence-electron chi connectivity index (χ0n) is 8.54. The summed E-state index contributed by atoms with van der Waals surface area (Å²) in [6, 6.07) is 1.18. The molecule has 2 rings (SSSR count). The predicted molar refractivity (Wildman–Crippen MR) is 65.6 cm³/mol. The van der Waals surface area contributed by atoms with Crippen LogP contribution in [0.5, 0.6) is 0 Å². The summed E-state index contributed by atoms with van der Waals surface area (Å²) in [5, 5.41) is 10.5. The second kappa shape index (κ2) is 4.50. The van der Waals surface area contributed by atoms with Crippen molar-refractivity contribution < 1.29 is 9.72 Å². The zero-order chi connectivity index (χ0) is 12.6. The van der Waals surface area contributed by atoms with E-state index in [9.17, 15) is 14.9 Å². The van der Waals surface area contributed by atoms with Crippen molar-refractivity contribution in [1.29, 1.82) is 0 Å². The summed E-state index contributed by atoms with van der Waals surface area (Å²) in [6.07, 6.45) is 1.40. The van der Waals surface area contributed by atoms with Crippen molar-refractivity contribution >= 4 is 41.6 Å². The van der Waals surface area contributed by atoms with Gasteiger partial charge in [-0.1, -0.05) is 11.6 Å². The molecule has 0 aromatic carbocycles. The number of aromatic nitrogens is 1. The number of nitrogens with zero attached hydrogens (tertiary/aromatic N) is 3. The van der Waals surface area contributed by atoms with Crippen LogP contribution in [0.2, 0.25) is 5.02 Å². The quantitative estimate of drug-likeness (QED) is 0.505. The zero-order valence-corrected chi connectivity index (χ0v) is 10.2. The molecule has 0 radical (unpaired) electrons. The van der Waals surface area contributed by atoms with Crippen molar-refractivity contribution in [1.82, 2.24) is 4.98 Å². The van der Waals surface area contributed by atoms with Gasteiger partial charge in [-0.2, -0.15) is 12.6 Å². The number of nitro groups is 1. The average molecular weight is 274 g/mol. The topological polar surface area (TPSA) is 76.3 Å². The third kappa shape index (κ3) is 2.34. The lowest BCUT2D eigenvalue weighted by atomic mass is 10.4. The van der Waals surface area contributed by atoms with Gasteiger partial charge in [0.2, 0.25) is 5.91 Å². The fourth-order valence-electron chi connectivity index (χ4n) is 1.61. The minimum Gasteiger partial charge on any atom is -0.294 e. The van der Waals surface area contributed by atoms with E-state index >= 15 is 0 Å². The highest BCUT2D eigenvalue weighted by atomic mass is 35.5. The van der Waals surface area contributed by atoms with Gasteiger partial charge in [0.15, 0.2) is 5.82 Å². The third-order valence-corrected chi connectivity index (χ3v) is 3.00. The van der Waals surface area contributed by atoms with E-state index in [4.69, 9.17) is 11.6 Å². The SMILES string of the molecule is O=C1CC(S)CN1c1ncc([N+](=O)[O-])cc1Cl.